The Balaban J connectivity index is 1.34. The summed E-state index contributed by atoms with van der Waals surface area (Å²) >= 11 is 5.93. The molecule has 32 heavy (non-hydrogen) atoms. The maximum Gasteiger partial charge on any atom is 0.300 e. The van der Waals surface area contributed by atoms with E-state index in [0.717, 1.165) is 0 Å². The Labute approximate surface area is 190 Å². The van der Waals surface area contributed by atoms with Crippen LogP contribution in [0, 0.1) is 0 Å². The van der Waals surface area contributed by atoms with Gasteiger partial charge >= 0.3 is 5.56 Å². The summed E-state index contributed by atoms with van der Waals surface area (Å²) in [4.78, 5) is 25.1. The number of benzene rings is 2. The molecule has 8 heteroatoms. The molecule has 0 fully saturated rings. The first-order valence-corrected chi connectivity index (χ1v) is 10.9. The maximum absolute atomic E-state index is 12.8. The van der Waals surface area contributed by atoms with E-state index in [4.69, 9.17) is 11.6 Å². The first kappa shape index (κ1) is 21.8. The van der Waals surface area contributed by atoms with Crippen molar-refractivity contribution in [2.45, 2.75) is 32.1 Å². The minimum absolute atomic E-state index is 0.00620. The van der Waals surface area contributed by atoms with Crippen molar-refractivity contribution < 1.29 is 4.79 Å². The second-order valence-corrected chi connectivity index (χ2v) is 8.17. The number of nitrogens with one attached hydrogen (secondary N) is 1. The fourth-order valence-corrected chi connectivity index (χ4v) is 3.70. The van der Waals surface area contributed by atoms with Gasteiger partial charge in [-0.1, -0.05) is 48.9 Å². The quantitative estimate of drug-likeness (QED) is 0.444. The number of aromatic nitrogens is 4. The van der Waals surface area contributed by atoms with Gasteiger partial charge in [-0.25, -0.2) is 0 Å². The van der Waals surface area contributed by atoms with Gasteiger partial charge in [0.25, 0.3) is 0 Å². The molecule has 0 spiro atoms. The number of carbonyl (C=O) groups excluding carboxylic acids is 1. The lowest BCUT2D eigenvalue weighted by atomic mass is 10.0. The van der Waals surface area contributed by atoms with Gasteiger partial charge < -0.3 is 5.32 Å². The highest BCUT2D eigenvalue weighted by Crippen LogP contribution is 2.14. The number of hydrogen-bond donors (Lipinski definition) is 1. The summed E-state index contributed by atoms with van der Waals surface area (Å²) in [6, 6.07) is 17.1. The Morgan fingerprint density at radius 2 is 1.81 bits per heavy atom. The van der Waals surface area contributed by atoms with E-state index in [0.29, 0.717) is 42.3 Å². The van der Waals surface area contributed by atoms with Crippen molar-refractivity contribution in [3.63, 3.8) is 0 Å². The molecule has 1 N–H and O–H groups in total. The van der Waals surface area contributed by atoms with Gasteiger partial charge in [-0.2, -0.15) is 0 Å². The average Bonchev–Trinajstić information content (AvgIpc) is 3.23. The van der Waals surface area contributed by atoms with Crippen molar-refractivity contribution in [2.75, 3.05) is 6.54 Å². The summed E-state index contributed by atoms with van der Waals surface area (Å²) in [5, 5.41) is 11.8. The lowest BCUT2D eigenvalue weighted by Gasteiger charge is -2.13. The molecule has 0 radical (unpaired) electrons. The summed E-state index contributed by atoms with van der Waals surface area (Å²) in [5.41, 5.74) is 1.89. The van der Waals surface area contributed by atoms with E-state index in [2.05, 4.69) is 34.6 Å². The van der Waals surface area contributed by atoms with E-state index in [9.17, 15) is 9.59 Å². The number of nitrogens with zero attached hydrogens (tertiary/aromatic N) is 4. The van der Waals surface area contributed by atoms with Crippen molar-refractivity contribution in [1.82, 2.24) is 24.5 Å². The molecule has 2 heterocycles. The van der Waals surface area contributed by atoms with Crippen LogP contribution < -0.4 is 10.9 Å². The molecule has 2 aromatic heterocycles. The third kappa shape index (κ3) is 4.89. The summed E-state index contributed by atoms with van der Waals surface area (Å²) < 4.78 is 3.19. The number of hydrogen-bond acceptors (Lipinski definition) is 4. The van der Waals surface area contributed by atoms with Crippen molar-refractivity contribution >= 4 is 23.2 Å². The summed E-state index contributed by atoms with van der Waals surface area (Å²) in [7, 11) is 0. The first-order valence-electron chi connectivity index (χ1n) is 10.6. The zero-order chi connectivity index (χ0) is 22.5. The van der Waals surface area contributed by atoms with Gasteiger partial charge in [-0.3, -0.25) is 18.6 Å². The van der Waals surface area contributed by atoms with Crippen LogP contribution >= 0.6 is 11.6 Å². The normalized spacial score (nSPS) is 12.1. The van der Waals surface area contributed by atoms with Crippen molar-refractivity contribution in [3.8, 4) is 5.69 Å². The molecule has 1 atom stereocenters. The van der Waals surface area contributed by atoms with Gasteiger partial charge in [0, 0.05) is 42.5 Å². The molecule has 7 nitrogen and oxygen atoms in total. The van der Waals surface area contributed by atoms with Crippen LogP contribution in [-0.4, -0.2) is 31.6 Å². The van der Waals surface area contributed by atoms with Crippen molar-refractivity contribution in [3.05, 3.63) is 93.8 Å². The van der Waals surface area contributed by atoms with Crippen LogP contribution in [-0.2, 0) is 11.2 Å². The van der Waals surface area contributed by atoms with E-state index >= 15 is 0 Å². The Hall–Kier alpha value is -3.45. The average molecular weight is 450 g/mol. The van der Waals surface area contributed by atoms with Crippen LogP contribution in [0.25, 0.3) is 11.3 Å². The number of rotatable bonds is 8. The summed E-state index contributed by atoms with van der Waals surface area (Å²) in [6.45, 7) is 2.69. The minimum Gasteiger partial charge on any atom is -0.356 e. The Kier molecular flexibility index (Phi) is 6.66. The Bertz CT molecular complexity index is 1270. The summed E-state index contributed by atoms with van der Waals surface area (Å²) in [6.07, 6.45) is 5.00. The SMILES string of the molecule is C[C@H](CNC(=O)CCCc1nnc2c(=O)n(-c3ccc(Cl)cc3)ccn12)c1ccccc1. The van der Waals surface area contributed by atoms with Crippen LogP contribution in [0.2, 0.25) is 5.02 Å². The zero-order valence-corrected chi connectivity index (χ0v) is 18.5. The minimum atomic E-state index is -0.263. The molecular formula is C24H24ClN5O2. The number of amides is 1. The molecule has 1 amide bonds. The van der Waals surface area contributed by atoms with E-state index in [1.165, 1.54) is 10.1 Å². The van der Waals surface area contributed by atoms with Gasteiger partial charge in [0.2, 0.25) is 11.6 Å². The van der Waals surface area contributed by atoms with E-state index < -0.39 is 0 Å². The molecule has 0 aliphatic carbocycles. The number of fused-ring (bicyclic) bond motifs is 1. The largest absolute Gasteiger partial charge is 0.356 e. The molecule has 0 saturated carbocycles. The Morgan fingerprint density at radius 3 is 2.56 bits per heavy atom. The predicted molar refractivity (Wildman–Crippen MR) is 124 cm³/mol. The second-order valence-electron chi connectivity index (χ2n) is 7.73. The standard InChI is InChI=1S/C24H24ClN5O2/c1-17(18-6-3-2-4-7-18)16-26-22(31)9-5-8-21-27-28-23-24(32)29(14-15-30(21)23)20-12-10-19(25)11-13-20/h2-4,6-7,10-15,17H,5,8-9,16H2,1H3,(H,26,31)/t17-/m1/s1. The highest BCUT2D eigenvalue weighted by Gasteiger charge is 2.13. The first-order chi connectivity index (χ1) is 15.5. The number of halogens is 1. The van der Waals surface area contributed by atoms with Gasteiger partial charge in [0.1, 0.15) is 5.82 Å². The van der Waals surface area contributed by atoms with Gasteiger partial charge in [0.05, 0.1) is 0 Å². The summed E-state index contributed by atoms with van der Waals surface area (Å²) in [5.74, 6) is 0.918. The van der Waals surface area contributed by atoms with E-state index in [1.807, 2.05) is 18.2 Å². The lowest BCUT2D eigenvalue weighted by molar-refractivity contribution is -0.121. The number of aryl methyl sites for hydroxylation is 1. The maximum atomic E-state index is 12.8. The fourth-order valence-electron chi connectivity index (χ4n) is 3.57. The number of carbonyl (C=O) groups is 1. The molecule has 0 aliphatic rings. The smallest absolute Gasteiger partial charge is 0.300 e. The third-order valence-electron chi connectivity index (χ3n) is 5.42. The van der Waals surface area contributed by atoms with Gasteiger partial charge in [-0.05, 0) is 42.2 Å². The topological polar surface area (TPSA) is 81.3 Å². The third-order valence-corrected chi connectivity index (χ3v) is 5.68. The molecule has 0 unspecified atom stereocenters. The molecule has 0 saturated heterocycles. The second kappa shape index (κ2) is 9.78. The van der Waals surface area contributed by atoms with Crippen LogP contribution in [0.3, 0.4) is 0 Å². The molecule has 2 aromatic carbocycles. The lowest BCUT2D eigenvalue weighted by Crippen LogP contribution is -2.27. The van der Waals surface area contributed by atoms with Gasteiger partial charge in [0.15, 0.2) is 0 Å². The van der Waals surface area contributed by atoms with Crippen LogP contribution in [0.1, 0.15) is 37.1 Å². The van der Waals surface area contributed by atoms with E-state index in [1.54, 1.807) is 41.1 Å². The molecular weight excluding hydrogens is 426 g/mol. The fraction of sp³-hybridized carbons (Fsp3) is 0.250. The van der Waals surface area contributed by atoms with Gasteiger partial charge in [-0.15, -0.1) is 10.2 Å². The monoisotopic (exact) mass is 449 g/mol. The Morgan fingerprint density at radius 1 is 1.06 bits per heavy atom. The van der Waals surface area contributed by atoms with Crippen LogP contribution in [0.4, 0.5) is 0 Å². The van der Waals surface area contributed by atoms with Crippen LogP contribution in [0.5, 0.6) is 0 Å². The molecule has 0 bridgehead atoms. The molecule has 164 valence electrons. The highest BCUT2D eigenvalue weighted by molar-refractivity contribution is 6.30. The van der Waals surface area contributed by atoms with Crippen molar-refractivity contribution in [2.24, 2.45) is 0 Å². The van der Waals surface area contributed by atoms with E-state index in [-0.39, 0.29) is 23.0 Å². The van der Waals surface area contributed by atoms with Crippen molar-refractivity contribution in [1.29, 1.82) is 0 Å². The zero-order valence-electron chi connectivity index (χ0n) is 17.7. The highest BCUT2D eigenvalue weighted by atomic mass is 35.5. The predicted octanol–water partition coefficient (Wildman–Crippen LogP) is 3.78. The van der Waals surface area contributed by atoms with Crippen LogP contribution in [0.15, 0.2) is 71.8 Å². The molecule has 4 aromatic rings. The molecule has 0 aliphatic heterocycles. The molecule has 4 rings (SSSR count).